The third kappa shape index (κ3) is 5.01. The minimum Gasteiger partial charge on any atom is -0.322 e. The van der Waals surface area contributed by atoms with Crippen LogP contribution in [-0.2, 0) is 19.9 Å². The second-order valence-electron chi connectivity index (χ2n) is 7.00. The van der Waals surface area contributed by atoms with Gasteiger partial charge in [0.25, 0.3) is 5.91 Å². The van der Waals surface area contributed by atoms with Crippen LogP contribution in [0.15, 0.2) is 70.6 Å². The number of hydrogen-bond donors (Lipinski definition) is 1. The van der Waals surface area contributed by atoms with Crippen LogP contribution in [0.5, 0.6) is 0 Å². The van der Waals surface area contributed by atoms with Gasteiger partial charge in [0.05, 0.1) is 16.3 Å². The maximum absolute atomic E-state index is 12.5. The molecule has 0 fully saturated rings. The van der Waals surface area contributed by atoms with Crippen molar-refractivity contribution in [3.8, 4) is 11.3 Å². The first kappa shape index (κ1) is 23.5. The summed E-state index contributed by atoms with van der Waals surface area (Å²) in [4.78, 5) is 12.6. The molecule has 3 aromatic rings. The minimum absolute atomic E-state index is 0.0520. The lowest BCUT2D eigenvalue weighted by atomic mass is 10.1. The smallest absolute Gasteiger partial charge is 0.255 e. The van der Waals surface area contributed by atoms with E-state index in [1.54, 1.807) is 30.3 Å². The summed E-state index contributed by atoms with van der Waals surface area (Å²) >= 11 is 0. The van der Waals surface area contributed by atoms with Gasteiger partial charge in [-0.2, -0.15) is 0 Å². The molecule has 1 aromatic heterocycles. The Morgan fingerprint density at radius 2 is 1.50 bits per heavy atom. The zero-order chi connectivity index (χ0) is 23.5. The molecule has 32 heavy (non-hydrogen) atoms. The fourth-order valence-electron chi connectivity index (χ4n) is 2.70. The highest BCUT2D eigenvalue weighted by molar-refractivity contribution is 7.91. The van der Waals surface area contributed by atoms with E-state index in [1.807, 2.05) is 0 Å². The molecule has 11 heteroatoms. The molecule has 0 saturated carbocycles. The van der Waals surface area contributed by atoms with Crippen LogP contribution in [0.4, 0.5) is 5.69 Å². The molecule has 1 heterocycles. The van der Waals surface area contributed by atoms with E-state index in [-0.39, 0.29) is 21.6 Å². The van der Waals surface area contributed by atoms with E-state index in [4.69, 9.17) is 0 Å². The molecule has 1 amide bonds. The van der Waals surface area contributed by atoms with Gasteiger partial charge < -0.3 is 5.32 Å². The van der Waals surface area contributed by atoms with E-state index in [0.29, 0.717) is 22.5 Å². The molecular formula is C21H22N4O5S2. The van der Waals surface area contributed by atoms with Gasteiger partial charge in [0.2, 0.25) is 10.0 Å². The number of aromatic nitrogens is 2. The number of nitrogens with zero attached hydrogens (tertiary/aromatic N) is 3. The van der Waals surface area contributed by atoms with Crippen LogP contribution in [0, 0.1) is 0 Å². The first-order chi connectivity index (χ1) is 15.0. The molecule has 0 aliphatic heterocycles. The number of hydrogen-bond acceptors (Lipinski definition) is 7. The molecule has 1 N–H and O–H groups in total. The normalized spacial score (nSPS) is 12.0. The van der Waals surface area contributed by atoms with E-state index in [2.05, 4.69) is 15.5 Å². The average Bonchev–Trinajstić information content (AvgIpc) is 2.79. The Labute approximate surface area is 187 Å². The maximum atomic E-state index is 12.5. The summed E-state index contributed by atoms with van der Waals surface area (Å²) < 4.78 is 49.0. The second kappa shape index (κ2) is 9.15. The van der Waals surface area contributed by atoms with Crippen molar-refractivity contribution in [3.05, 3.63) is 66.2 Å². The molecule has 3 rings (SSSR count). The van der Waals surface area contributed by atoms with Crippen molar-refractivity contribution in [1.82, 2.24) is 14.5 Å². The number of benzene rings is 2. The van der Waals surface area contributed by atoms with E-state index in [1.165, 1.54) is 51.4 Å². The predicted molar refractivity (Wildman–Crippen MR) is 120 cm³/mol. The Kier molecular flexibility index (Phi) is 6.72. The van der Waals surface area contributed by atoms with Crippen molar-refractivity contribution < 1.29 is 21.6 Å². The quantitative estimate of drug-likeness (QED) is 0.557. The molecule has 0 saturated heterocycles. The zero-order valence-electron chi connectivity index (χ0n) is 17.7. The predicted octanol–water partition coefficient (Wildman–Crippen LogP) is 2.44. The van der Waals surface area contributed by atoms with Crippen LogP contribution < -0.4 is 5.32 Å². The first-order valence-electron chi connectivity index (χ1n) is 9.55. The zero-order valence-corrected chi connectivity index (χ0v) is 19.3. The van der Waals surface area contributed by atoms with Crippen LogP contribution >= 0.6 is 0 Å². The summed E-state index contributed by atoms with van der Waals surface area (Å²) in [5.41, 5.74) is 2.04. The number of sulfone groups is 1. The minimum atomic E-state index is -3.56. The maximum Gasteiger partial charge on any atom is 0.255 e. The number of carbonyl (C=O) groups is 1. The number of sulfonamides is 1. The number of amides is 1. The topological polar surface area (TPSA) is 126 Å². The van der Waals surface area contributed by atoms with Crippen molar-refractivity contribution in [2.45, 2.75) is 16.8 Å². The summed E-state index contributed by atoms with van der Waals surface area (Å²) in [6, 6.07) is 15.4. The van der Waals surface area contributed by atoms with Gasteiger partial charge in [-0.25, -0.2) is 21.1 Å². The van der Waals surface area contributed by atoms with Crippen LogP contribution in [0.3, 0.4) is 0 Å². The van der Waals surface area contributed by atoms with E-state index < -0.39 is 19.9 Å². The summed E-state index contributed by atoms with van der Waals surface area (Å²) in [7, 11) is -4.11. The Balaban J connectivity index is 1.71. The third-order valence-corrected chi connectivity index (χ3v) is 8.12. The summed E-state index contributed by atoms with van der Waals surface area (Å²) in [5.74, 6) is -0.440. The fourth-order valence-corrected chi connectivity index (χ4v) is 4.34. The molecule has 2 aromatic carbocycles. The summed E-state index contributed by atoms with van der Waals surface area (Å²) in [5, 5.41) is 10.4. The fraction of sp³-hybridized carbons (Fsp3) is 0.190. The van der Waals surface area contributed by atoms with Gasteiger partial charge in [-0.15, -0.1) is 10.2 Å². The van der Waals surface area contributed by atoms with Crippen LogP contribution in [0.2, 0.25) is 0 Å². The second-order valence-corrected chi connectivity index (χ2v) is 11.4. The molecule has 0 bridgehead atoms. The van der Waals surface area contributed by atoms with Crippen molar-refractivity contribution in [3.63, 3.8) is 0 Å². The van der Waals surface area contributed by atoms with Crippen LogP contribution in [0.1, 0.15) is 17.3 Å². The summed E-state index contributed by atoms with van der Waals surface area (Å²) in [6.45, 7) is 1.54. The van der Waals surface area contributed by atoms with Gasteiger partial charge in [-0.3, -0.25) is 4.79 Å². The SMILES string of the molecule is CCS(=O)(=O)c1ccc(-c2ccc(NC(=O)c3ccc(S(=O)(=O)N(C)C)cc3)cc2)nn1. The molecule has 9 nitrogen and oxygen atoms in total. The lowest BCUT2D eigenvalue weighted by molar-refractivity contribution is 0.102. The third-order valence-electron chi connectivity index (χ3n) is 4.67. The Morgan fingerprint density at radius 1 is 0.875 bits per heavy atom. The van der Waals surface area contributed by atoms with Crippen LogP contribution in [0.25, 0.3) is 11.3 Å². The standard InChI is InChI=1S/C21H22N4O5S2/c1-4-31(27,28)20-14-13-19(23-24-20)15-5-9-17(10-6-15)22-21(26)16-7-11-18(12-8-16)32(29,30)25(2)3/h5-14H,4H2,1-3H3,(H,22,26). The number of carbonyl (C=O) groups excluding carboxylic acids is 1. The number of nitrogens with one attached hydrogen (secondary N) is 1. The molecule has 0 aliphatic carbocycles. The Bertz CT molecular complexity index is 1320. The van der Waals surface area contributed by atoms with Gasteiger partial charge >= 0.3 is 0 Å². The van der Waals surface area contributed by atoms with E-state index in [9.17, 15) is 21.6 Å². The van der Waals surface area contributed by atoms with Crippen molar-refractivity contribution >= 4 is 31.5 Å². The Hall–Kier alpha value is -3.15. The monoisotopic (exact) mass is 474 g/mol. The van der Waals surface area contributed by atoms with E-state index >= 15 is 0 Å². The number of anilines is 1. The van der Waals surface area contributed by atoms with Gasteiger partial charge in [0, 0.05) is 30.9 Å². The lowest BCUT2D eigenvalue weighted by Gasteiger charge is -2.11. The molecule has 0 unspecified atom stereocenters. The van der Waals surface area contributed by atoms with Crippen LogP contribution in [-0.4, -0.2) is 57.1 Å². The summed E-state index contributed by atoms with van der Waals surface area (Å²) in [6.07, 6.45) is 0. The number of rotatable bonds is 7. The molecule has 0 radical (unpaired) electrons. The highest BCUT2D eigenvalue weighted by Crippen LogP contribution is 2.21. The first-order valence-corrected chi connectivity index (χ1v) is 12.6. The Morgan fingerprint density at radius 3 is 2.00 bits per heavy atom. The molecule has 0 spiro atoms. The lowest BCUT2D eigenvalue weighted by Crippen LogP contribution is -2.22. The van der Waals surface area contributed by atoms with Gasteiger partial charge in [-0.05, 0) is 48.5 Å². The largest absolute Gasteiger partial charge is 0.322 e. The highest BCUT2D eigenvalue weighted by atomic mass is 32.2. The molecule has 0 aliphatic rings. The van der Waals surface area contributed by atoms with Gasteiger partial charge in [-0.1, -0.05) is 19.1 Å². The van der Waals surface area contributed by atoms with Crippen molar-refractivity contribution in [2.75, 3.05) is 25.2 Å². The molecular weight excluding hydrogens is 452 g/mol. The average molecular weight is 475 g/mol. The highest BCUT2D eigenvalue weighted by Gasteiger charge is 2.18. The molecule has 168 valence electrons. The van der Waals surface area contributed by atoms with Crippen molar-refractivity contribution in [1.29, 1.82) is 0 Å². The van der Waals surface area contributed by atoms with E-state index in [0.717, 1.165) is 4.31 Å². The van der Waals surface area contributed by atoms with Crippen molar-refractivity contribution in [2.24, 2.45) is 0 Å². The van der Waals surface area contributed by atoms with Gasteiger partial charge in [0.1, 0.15) is 0 Å². The van der Waals surface area contributed by atoms with Gasteiger partial charge in [0.15, 0.2) is 14.9 Å². The molecule has 0 atom stereocenters.